The molecule has 0 fully saturated rings. The van der Waals surface area contributed by atoms with E-state index in [1.807, 2.05) is 0 Å². The van der Waals surface area contributed by atoms with Gasteiger partial charge in [-0.1, -0.05) is 91.0 Å². The van der Waals surface area contributed by atoms with Gasteiger partial charge in [-0.2, -0.15) is 0 Å². The molecule has 314 valence electrons. The van der Waals surface area contributed by atoms with Gasteiger partial charge < -0.3 is 0 Å². The SMILES string of the molecule is [Cl][Sb-]([Cl])([Cl])([Cl])([Cl])[Cl].[Cl][Sb-]([Cl])([Cl])([Cl])([Cl])[Cl].c1ccc(N2c3ccccc3[NH+](c3cccc([NH+]4c5ccccc5N(c5ccccc5)c5ccccc54)c3)c3ccccc32)cc1. The first-order chi connectivity index (χ1) is 27.8. The second kappa shape index (κ2) is 16.6. The average Bonchev–Trinajstić information content (AvgIpc) is 3.17. The Morgan fingerprint density at radius 2 is 0.517 bits per heavy atom. The summed E-state index contributed by atoms with van der Waals surface area (Å²) >= 11 is 0. The number of quaternary nitrogens is 2. The summed E-state index contributed by atoms with van der Waals surface area (Å²) in [4.78, 5) is 7.28. The van der Waals surface area contributed by atoms with E-state index in [1.165, 1.54) is 66.7 Å². The van der Waals surface area contributed by atoms with Crippen LogP contribution in [0, 0.1) is 0 Å². The maximum Gasteiger partial charge on any atom is 0.165 e. The first kappa shape index (κ1) is 47.1. The number of para-hydroxylation sites is 10. The van der Waals surface area contributed by atoms with Gasteiger partial charge in [-0.3, -0.25) is 9.80 Å². The van der Waals surface area contributed by atoms with Crippen molar-refractivity contribution in [2.24, 2.45) is 0 Å². The molecule has 0 radical (unpaired) electrons. The van der Waals surface area contributed by atoms with Gasteiger partial charge in [-0.05, 0) is 48.5 Å². The van der Waals surface area contributed by atoms with Crippen LogP contribution in [0.1, 0.15) is 0 Å². The van der Waals surface area contributed by atoms with E-state index in [-0.39, 0.29) is 0 Å². The molecular formula is C42H32Cl12N4Sb2. The third-order valence-electron chi connectivity index (χ3n) is 9.13. The zero-order valence-electron chi connectivity index (χ0n) is 30.6. The quantitative estimate of drug-likeness (QED) is 0.171. The van der Waals surface area contributed by atoms with Crippen LogP contribution in [0.3, 0.4) is 0 Å². The Hall–Kier alpha value is -0.824. The minimum absolute atomic E-state index is 1.16. The molecule has 2 aliphatic heterocycles. The van der Waals surface area contributed by atoms with Crippen LogP contribution in [-0.4, -0.2) is 18.3 Å². The summed E-state index contributed by atoms with van der Waals surface area (Å²) in [5.41, 5.74) is 14.4. The fraction of sp³-hybridized carbons (Fsp3) is 0. The van der Waals surface area contributed by atoms with Crippen LogP contribution in [0.4, 0.5) is 68.2 Å². The molecule has 4 nitrogen and oxygen atoms in total. The Morgan fingerprint density at radius 3 is 0.783 bits per heavy atom. The number of nitrogens with one attached hydrogen (secondary N) is 2. The zero-order valence-corrected chi connectivity index (χ0v) is 44.8. The number of rotatable bonds is 4. The van der Waals surface area contributed by atoms with E-state index >= 15 is 0 Å². The van der Waals surface area contributed by atoms with Crippen LogP contribution in [0.2, 0.25) is 0 Å². The first-order valence-corrected chi connectivity index (χ1v) is 56.6. The molecule has 7 aromatic carbocycles. The van der Waals surface area contributed by atoms with Crippen LogP contribution in [0.15, 0.2) is 182 Å². The van der Waals surface area contributed by atoms with Crippen molar-refractivity contribution < 1.29 is 9.80 Å². The fourth-order valence-corrected chi connectivity index (χ4v) is 7.23. The normalized spacial score (nSPS) is 16.0. The standard InChI is InChI=1S/C42H30N4.12ClH.2Sb/c1-3-16-31(17-4-1)43-35-22-7-11-26-39(35)45(40-27-12-8-23-36(40)43)33-20-15-21-34(30-33)46-41-28-13-9-24-37(41)44(32-18-5-2-6-19-32)38-25-10-14-29-42(38)46;;;;;;;;;;;;;;/h1-30H;12*1H;;/q;;;;;;;;;;;;;2*+5/p-10. The molecule has 9 rings (SSSR count). The molecule has 0 aliphatic carbocycles. The second-order valence-corrected chi connectivity index (χ2v) is 127. The second-order valence-electron chi connectivity index (χ2n) is 13.7. The number of hydrogen-bond acceptors (Lipinski definition) is 2. The van der Waals surface area contributed by atoms with E-state index < -0.39 is 18.3 Å². The zero-order chi connectivity index (χ0) is 43.3. The van der Waals surface area contributed by atoms with Crippen molar-refractivity contribution in [2.45, 2.75) is 0 Å². The van der Waals surface area contributed by atoms with Crippen LogP contribution in [0.25, 0.3) is 0 Å². The van der Waals surface area contributed by atoms with Crippen LogP contribution in [0.5, 0.6) is 0 Å². The van der Waals surface area contributed by atoms with E-state index in [1.54, 1.807) is 0 Å². The minimum Gasteiger partial charge on any atom is -0.300 e. The molecule has 60 heavy (non-hydrogen) atoms. The van der Waals surface area contributed by atoms with Gasteiger partial charge >= 0.3 is 124 Å². The summed E-state index contributed by atoms with van der Waals surface area (Å²) in [5, 5.41) is 0. The van der Waals surface area contributed by atoms with E-state index in [4.69, 9.17) is 106 Å². The third kappa shape index (κ3) is 13.1. The van der Waals surface area contributed by atoms with Gasteiger partial charge in [0.05, 0.1) is 6.07 Å². The largest absolute Gasteiger partial charge is 0.300 e. The molecule has 0 amide bonds. The van der Waals surface area contributed by atoms with Crippen molar-refractivity contribution >= 4 is 192 Å². The molecule has 0 unspecified atom stereocenters. The smallest absolute Gasteiger partial charge is 0.165 e. The number of benzene rings is 7. The van der Waals surface area contributed by atoms with Crippen molar-refractivity contribution in [3.63, 3.8) is 0 Å². The molecule has 0 spiro atoms. The summed E-state index contributed by atoms with van der Waals surface area (Å²) in [7, 11) is 49.9. The van der Waals surface area contributed by atoms with Crippen LogP contribution in [-0.2, 0) is 0 Å². The fourth-order valence-electron chi connectivity index (χ4n) is 7.23. The Bertz CT molecular complexity index is 2390. The van der Waals surface area contributed by atoms with Crippen molar-refractivity contribution in [1.29, 1.82) is 0 Å². The van der Waals surface area contributed by atoms with Gasteiger partial charge in [0.25, 0.3) is 0 Å². The van der Waals surface area contributed by atoms with Gasteiger partial charge in [-0.25, -0.2) is 9.80 Å². The molecule has 18 heteroatoms. The Kier molecular flexibility index (Phi) is 13.0. The Morgan fingerprint density at radius 1 is 0.283 bits per heavy atom. The third-order valence-corrected chi connectivity index (χ3v) is 9.13. The van der Waals surface area contributed by atoms with Gasteiger partial charge in [-0.15, -0.1) is 0 Å². The van der Waals surface area contributed by atoms with E-state index in [0.29, 0.717) is 0 Å². The van der Waals surface area contributed by atoms with E-state index in [0.717, 1.165) is 11.4 Å². The molecule has 0 atom stereocenters. The summed E-state index contributed by atoms with van der Waals surface area (Å²) in [6.07, 6.45) is 0. The Labute approximate surface area is 388 Å². The summed E-state index contributed by atoms with van der Waals surface area (Å²) < 4.78 is 0. The number of anilines is 6. The van der Waals surface area contributed by atoms with Gasteiger partial charge in [0.15, 0.2) is 22.7 Å². The number of halogens is 12. The van der Waals surface area contributed by atoms with Crippen LogP contribution >= 0.6 is 106 Å². The maximum absolute atomic E-state index is 5.42. The molecule has 2 heterocycles. The van der Waals surface area contributed by atoms with Crippen LogP contribution < -0.4 is 19.6 Å². The Balaban J connectivity index is 0.000000337. The predicted molar refractivity (Wildman–Crippen MR) is 270 cm³/mol. The molecular weight excluding hydrogens is 1230 g/mol. The van der Waals surface area contributed by atoms with Crippen molar-refractivity contribution in [3.8, 4) is 0 Å². The van der Waals surface area contributed by atoms with Crippen molar-refractivity contribution in [2.75, 3.05) is 9.80 Å². The predicted octanol–water partition coefficient (Wildman–Crippen LogP) is 17.1. The topological polar surface area (TPSA) is 15.4 Å². The molecule has 0 aromatic heterocycles. The monoisotopic (exact) mass is 1250 g/mol. The van der Waals surface area contributed by atoms with E-state index in [2.05, 4.69) is 192 Å². The van der Waals surface area contributed by atoms with Gasteiger partial charge in [0, 0.05) is 47.8 Å². The average molecular weight is 1260 g/mol. The van der Waals surface area contributed by atoms with Gasteiger partial charge in [0.1, 0.15) is 34.1 Å². The summed E-state index contributed by atoms with van der Waals surface area (Å²) in [6.45, 7) is 0. The number of fused-ring (bicyclic) bond motifs is 4. The summed E-state index contributed by atoms with van der Waals surface area (Å²) in [6, 6.07) is 65.7. The molecule has 2 aliphatic rings. The molecule has 2 N–H and O–H groups in total. The number of hydrogen-bond donors (Lipinski definition) is 2. The minimum atomic E-state index is -5.42. The molecule has 7 aromatic rings. The molecule has 0 bridgehead atoms. The molecule has 0 saturated carbocycles. The first-order valence-electron chi connectivity index (χ1n) is 17.8. The maximum atomic E-state index is 5.06. The van der Waals surface area contributed by atoms with Gasteiger partial charge in [0.2, 0.25) is 0 Å². The van der Waals surface area contributed by atoms with E-state index in [9.17, 15) is 0 Å². The van der Waals surface area contributed by atoms with Crippen molar-refractivity contribution in [3.05, 3.63) is 182 Å². The summed E-state index contributed by atoms with van der Waals surface area (Å²) in [5.74, 6) is 0. The number of nitrogens with zero attached hydrogens (tertiary/aromatic N) is 2. The van der Waals surface area contributed by atoms with Crippen molar-refractivity contribution in [1.82, 2.24) is 0 Å². The molecule has 0 saturated heterocycles.